The van der Waals surface area contributed by atoms with Crippen molar-refractivity contribution < 1.29 is 14.3 Å². The Labute approximate surface area is 144 Å². The SMILES string of the molecule is COc1cc2c(cc1OC)[C@H](c1ccc(Cl)c(Cl)c1)CC(=O)N2. The van der Waals surface area contributed by atoms with Gasteiger partial charge in [-0.05, 0) is 29.3 Å². The van der Waals surface area contributed by atoms with Gasteiger partial charge in [0.05, 0.1) is 24.3 Å². The number of fused-ring (bicyclic) bond motifs is 1. The summed E-state index contributed by atoms with van der Waals surface area (Å²) in [6.45, 7) is 0. The molecule has 2 aromatic rings. The van der Waals surface area contributed by atoms with Crippen molar-refractivity contribution in [1.82, 2.24) is 0 Å². The summed E-state index contributed by atoms with van der Waals surface area (Å²) in [5.41, 5.74) is 2.61. The van der Waals surface area contributed by atoms with Crippen LogP contribution < -0.4 is 14.8 Å². The van der Waals surface area contributed by atoms with Crippen molar-refractivity contribution >= 4 is 34.8 Å². The van der Waals surface area contributed by atoms with Crippen LogP contribution in [0.25, 0.3) is 0 Å². The van der Waals surface area contributed by atoms with Gasteiger partial charge in [-0.3, -0.25) is 4.79 Å². The first-order chi connectivity index (χ1) is 11.0. The number of carbonyl (C=O) groups is 1. The van der Waals surface area contributed by atoms with E-state index < -0.39 is 0 Å². The molecule has 0 spiro atoms. The van der Waals surface area contributed by atoms with Crippen molar-refractivity contribution in [2.24, 2.45) is 0 Å². The summed E-state index contributed by atoms with van der Waals surface area (Å²) in [4.78, 5) is 12.1. The van der Waals surface area contributed by atoms with E-state index >= 15 is 0 Å². The average molecular weight is 352 g/mol. The molecule has 0 bridgehead atoms. The molecule has 23 heavy (non-hydrogen) atoms. The van der Waals surface area contributed by atoms with Gasteiger partial charge < -0.3 is 14.8 Å². The summed E-state index contributed by atoms with van der Waals surface area (Å²) >= 11 is 12.1. The Balaban J connectivity index is 2.13. The Hall–Kier alpha value is -1.91. The molecule has 0 saturated heterocycles. The van der Waals surface area contributed by atoms with E-state index in [4.69, 9.17) is 32.7 Å². The molecule has 0 aromatic heterocycles. The fraction of sp³-hybridized carbons (Fsp3) is 0.235. The summed E-state index contributed by atoms with van der Waals surface area (Å²) in [5, 5.41) is 3.84. The molecule has 1 N–H and O–H groups in total. The molecule has 1 aliphatic rings. The van der Waals surface area contributed by atoms with Gasteiger partial charge in [0.15, 0.2) is 11.5 Å². The first-order valence-electron chi connectivity index (χ1n) is 7.04. The summed E-state index contributed by atoms with van der Waals surface area (Å²) in [5.74, 6) is 1.02. The van der Waals surface area contributed by atoms with Gasteiger partial charge in [0.25, 0.3) is 0 Å². The number of hydrogen-bond donors (Lipinski definition) is 1. The first kappa shape index (κ1) is 16.0. The lowest BCUT2D eigenvalue weighted by Crippen LogP contribution is -2.23. The molecule has 3 rings (SSSR count). The minimum absolute atomic E-state index is 0.0548. The molecular formula is C17H15Cl2NO3. The minimum Gasteiger partial charge on any atom is -0.493 e. The van der Waals surface area contributed by atoms with Gasteiger partial charge >= 0.3 is 0 Å². The maximum Gasteiger partial charge on any atom is 0.225 e. The van der Waals surface area contributed by atoms with Crippen molar-refractivity contribution in [3.63, 3.8) is 0 Å². The van der Waals surface area contributed by atoms with E-state index in [9.17, 15) is 4.79 Å². The molecule has 0 aliphatic carbocycles. The highest BCUT2D eigenvalue weighted by Crippen LogP contribution is 2.43. The number of methoxy groups -OCH3 is 2. The Bertz CT molecular complexity index is 777. The standard InChI is InChI=1S/C17H15Cl2NO3/c1-22-15-6-11-10(9-3-4-12(18)13(19)5-9)7-17(21)20-14(11)8-16(15)23-2/h3-6,8,10H,7H2,1-2H3,(H,20,21)/t10-/m0/s1. The normalized spacial score (nSPS) is 16.5. The van der Waals surface area contributed by atoms with E-state index in [0.29, 0.717) is 28.0 Å². The molecule has 1 atom stereocenters. The second-order valence-electron chi connectivity index (χ2n) is 5.27. The lowest BCUT2D eigenvalue weighted by molar-refractivity contribution is -0.116. The smallest absolute Gasteiger partial charge is 0.225 e. The van der Waals surface area contributed by atoms with Crippen LogP contribution in [0.1, 0.15) is 23.5 Å². The number of rotatable bonds is 3. The van der Waals surface area contributed by atoms with Gasteiger partial charge in [-0.25, -0.2) is 0 Å². The van der Waals surface area contributed by atoms with E-state index in [2.05, 4.69) is 5.32 Å². The van der Waals surface area contributed by atoms with Gasteiger partial charge in [-0.2, -0.15) is 0 Å². The van der Waals surface area contributed by atoms with E-state index in [-0.39, 0.29) is 11.8 Å². The fourth-order valence-electron chi connectivity index (χ4n) is 2.81. The highest BCUT2D eigenvalue weighted by atomic mass is 35.5. The molecule has 1 heterocycles. The Kier molecular flexibility index (Phi) is 4.37. The van der Waals surface area contributed by atoms with Gasteiger partial charge in [-0.15, -0.1) is 0 Å². The Morgan fingerprint density at radius 1 is 1.04 bits per heavy atom. The Morgan fingerprint density at radius 2 is 1.74 bits per heavy atom. The first-order valence-corrected chi connectivity index (χ1v) is 7.79. The minimum atomic E-state index is -0.117. The highest BCUT2D eigenvalue weighted by molar-refractivity contribution is 6.42. The zero-order valence-corrected chi connectivity index (χ0v) is 14.2. The van der Waals surface area contributed by atoms with Crippen LogP contribution in [0.4, 0.5) is 5.69 Å². The second kappa shape index (κ2) is 6.30. The molecule has 120 valence electrons. The number of anilines is 1. The largest absolute Gasteiger partial charge is 0.493 e. The summed E-state index contributed by atoms with van der Waals surface area (Å²) in [6.07, 6.45) is 0.334. The molecule has 1 amide bonds. The van der Waals surface area contributed by atoms with E-state index in [1.807, 2.05) is 12.1 Å². The number of halogens is 2. The number of hydrogen-bond acceptors (Lipinski definition) is 3. The zero-order chi connectivity index (χ0) is 16.6. The third-order valence-corrected chi connectivity index (χ3v) is 4.68. The maximum atomic E-state index is 12.1. The third kappa shape index (κ3) is 2.96. The summed E-state index contributed by atoms with van der Waals surface area (Å²) < 4.78 is 10.7. The van der Waals surface area contributed by atoms with Crippen molar-refractivity contribution in [2.75, 3.05) is 19.5 Å². The van der Waals surface area contributed by atoms with Crippen LogP contribution in [0, 0.1) is 0 Å². The molecule has 0 fully saturated rings. The van der Waals surface area contributed by atoms with Crippen LogP contribution in [0.15, 0.2) is 30.3 Å². The molecular weight excluding hydrogens is 337 g/mol. The third-order valence-electron chi connectivity index (χ3n) is 3.94. The number of nitrogens with one attached hydrogen (secondary N) is 1. The van der Waals surface area contributed by atoms with Gasteiger partial charge in [0, 0.05) is 24.1 Å². The lowest BCUT2D eigenvalue weighted by Gasteiger charge is -2.27. The van der Waals surface area contributed by atoms with Crippen molar-refractivity contribution in [1.29, 1.82) is 0 Å². The lowest BCUT2D eigenvalue weighted by atomic mass is 9.84. The molecule has 6 heteroatoms. The zero-order valence-electron chi connectivity index (χ0n) is 12.7. The molecule has 1 aliphatic heterocycles. The predicted molar refractivity (Wildman–Crippen MR) is 91.1 cm³/mol. The number of ether oxygens (including phenoxy) is 2. The highest BCUT2D eigenvalue weighted by Gasteiger charge is 2.28. The van der Waals surface area contributed by atoms with Crippen LogP contribution in [0.3, 0.4) is 0 Å². The van der Waals surface area contributed by atoms with E-state index in [1.54, 1.807) is 32.4 Å². The predicted octanol–water partition coefficient (Wildman–Crippen LogP) is 4.48. The molecule has 4 nitrogen and oxygen atoms in total. The molecule has 0 saturated carbocycles. The van der Waals surface area contributed by atoms with Crippen molar-refractivity contribution in [2.45, 2.75) is 12.3 Å². The molecule has 0 radical (unpaired) electrons. The van der Waals surface area contributed by atoms with Crippen LogP contribution >= 0.6 is 23.2 Å². The summed E-state index contributed by atoms with van der Waals surface area (Å²) in [7, 11) is 3.14. The monoisotopic (exact) mass is 351 g/mol. The average Bonchev–Trinajstić information content (AvgIpc) is 2.55. The van der Waals surface area contributed by atoms with E-state index in [0.717, 1.165) is 16.8 Å². The maximum absolute atomic E-state index is 12.1. The topological polar surface area (TPSA) is 47.6 Å². The van der Waals surface area contributed by atoms with E-state index in [1.165, 1.54) is 0 Å². The molecule has 2 aromatic carbocycles. The van der Waals surface area contributed by atoms with Crippen LogP contribution in [0.2, 0.25) is 10.0 Å². The van der Waals surface area contributed by atoms with Gasteiger partial charge in [-0.1, -0.05) is 29.3 Å². The quantitative estimate of drug-likeness (QED) is 0.886. The van der Waals surface area contributed by atoms with Gasteiger partial charge in [0.2, 0.25) is 5.91 Å². The Morgan fingerprint density at radius 3 is 2.39 bits per heavy atom. The summed E-state index contributed by atoms with van der Waals surface area (Å²) in [6, 6.07) is 9.09. The fourth-order valence-corrected chi connectivity index (χ4v) is 3.12. The number of carbonyl (C=O) groups excluding carboxylic acids is 1. The van der Waals surface area contributed by atoms with Crippen molar-refractivity contribution in [3.05, 3.63) is 51.5 Å². The molecule has 0 unspecified atom stereocenters. The number of amides is 1. The van der Waals surface area contributed by atoms with Crippen molar-refractivity contribution in [3.8, 4) is 11.5 Å². The van der Waals surface area contributed by atoms with Crippen LogP contribution in [-0.4, -0.2) is 20.1 Å². The van der Waals surface area contributed by atoms with Gasteiger partial charge in [0.1, 0.15) is 0 Å². The van der Waals surface area contributed by atoms with Crippen LogP contribution in [0.5, 0.6) is 11.5 Å². The van der Waals surface area contributed by atoms with Crippen LogP contribution in [-0.2, 0) is 4.79 Å². The number of benzene rings is 2. The second-order valence-corrected chi connectivity index (χ2v) is 6.09.